The molecule has 8 nitrogen and oxygen atoms in total. The molecule has 0 aliphatic carbocycles. The van der Waals surface area contributed by atoms with Gasteiger partial charge >= 0.3 is 12.0 Å². The number of hydrogen-bond donors (Lipinski definition) is 4. The number of aliphatic hydroxyl groups excluding tert-OH is 1. The standard InChI is InChI=1S/C28H46F2N4O4S/c1-2-3-4-5-6-7-8-9-10-11-12-13-14-15-16-17-19-32-27(39)37-21-22-24(35)28(29,30)25(38-22)34-20-18-23(31)33-26(34)36/h6-7,9-10,18,20,22-25,35H,2-5,8,11-17,19,21,31H2,1H3,(H,32,39)(H,33,36)/b7-6-,10-9-/t22-,23?,24-,25-/m1/s1. The fourth-order valence-corrected chi connectivity index (χ4v) is 4.49. The van der Waals surface area contributed by atoms with Crippen LogP contribution in [0.5, 0.6) is 0 Å². The molecule has 39 heavy (non-hydrogen) atoms. The average Bonchev–Trinajstić information content (AvgIpc) is 3.12. The van der Waals surface area contributed by atoms with E-state index >= 15 is 0 Å². The molecule has 0 radical (unpaired) electrons. The van der Waals surface area contributed by atoms with E-state index in [9.17, 15) is 18.7 Å². The van der Waals surface area contributed by atoms with Crippen LogP contribution >= 0.6 is 12.2 Å². The molecule has 2 rings (SSSR count). The van der Waals surface area contributed by atoms with Gasteiger partial charge in [0.1, 0.15) is 12.7 Å². The maximum Gasteiger partial charge on any atom is 0.325 e. The Morgan fingerprint density at radius 1 is 1.15 bits per heavy atom. The topological polar surface area (TPSA) is 109 Å². The summed E-state index contributed by atoms with van der Waals surface area (Å²) in [6.07, 6.45) is 19.2. The van der Waals surface area contributed by atoms with E-state index in [-0.39, 0.29) is 11.8 Å². The Bertz CT molecular complexity index is 827. The molecule has 1 saturated heterocycles. The molecule has 11 heteroatoms. The van der Waals surface area contributed by atoms with Crippen molar-refractivity contribution in [3.05, 3.63) is 36.6 Å². The minimum atomic E-state index is -3.70. The van der Waals surface area contributed by atoms with Crippen LogP contribution < -0.4 is 16.4 Å². The summed E-state index contributed by atoms with van der Waals surface area (Å²) < 4.78 is 39.8. The number of hydrogen-bond acceptors (Lipinski definition) is 6. The van der Waals surface area contributed by atoms with Crippen LogP contribution in [-0.4, -0.2) is 64.9 Å². The molecule has 1 unspecified atom stereocenters. The van der Waals surface area contributed by atoms with Crippen LogP contribution in [0, 0.1) is 0 Å². The molecular weight excluding hydrogens is 526 g/mol. The summed E-state index contributed by atoms with van der Waals surface area (Å²) in [6.45, 7) is 2.46. The number of rotatable bonds is 18. The number of nitrogens with one attached hydrogen (secondary N) is 2. The molecule has 0 aromatic carbocycles. The first-order valence-corrected chi connectivity index (χ1v) is 14.6. The van der Waals surface area contributed by atoms with Crippen molar-refractivity contribution in [3.63, 3.8) is 0 Å². The second-order valence-electron chi connectivity index (χ2n) is 9.98. The largest absolute Gasteiger partial charge is 0.468 e. The normalized spacial score (nSPS) is 24.5. The van der Waals surface area contributed by atoms with E-state index in [1.54, 1.807) is 0 Å². The van der Waals surface area contributed by atoms with Crippen molar-refractivity contribution in [2.75, 3.05) is 13.2 Å². The monoisotopic (exact) mass is 572 g/mol. The van der Waals surface area contributed by atoms with E-state index in [2.05, 4.69) is 41.9 Å². The van der Waals surface area contributed by atoms with Crippen molar-refractivity contribution in [3.8, 4) is 0 Å². The molecule has 4 atom stereocenters. The summed E-state index contributed by atoms with van der Waals surface area (Å²) in [5, 5.41) is 15.4. The molecule has 5 N–H and O–H groups in total. The first-order valence-electron chi connectivity index (χ1n) is 14.2. The number of aliphatic hydroxyl groups is 1. The van der Waals surface area contributed by atoms with Gasteiger partial charge < -0.3 is 30.9 Å². The quantitative estimate of drug-likeness (QED) is 0.101. The molecular formula is C28H46F2N4O4S. The second-order valence-corrected chi connectivity index (χ2v) is 10.4. The van der Waals surface area contributed by atoms with Gasteiger partial charge in [-0.15, -0.1) is 0 Å². The van der Waals surface area contributed by atoms with E-state index < -0.39 is 36.6 Å². The third-order valence-corrected chi connectivity index (χ3v) is 6.90. The summed E-state index contributed by atoms with van der Waals surface area (Å²) in [4.78, 5) is 12.7. The van der Waals surface area contributed by atoms with Gasteiger partial charge in [0, 0.05) is 12.7 Å². The average molecular weight is 573 g/mol. The highest BCUT2D eigenvalue weighted by atomic mass is 32.1. The zero-order valence-electron chi connectivity index (χ0n) is 23.0. The van der Waals surface area contributed by atoms with Gasteiger partial charge in [0.25, 0.3) is 5.17 Å². The van der Waals surface area contributed by atoms with Gasteiger partial charge in [0.15, 0.2) is 6.10 Å². The van der Waals surface area contributed by atoms with Crippen LogP contribution in [-0.2, 0) is 9.47 Å². The zero-order valence-corrected chi connectivity index (χ0v) is 23.9. The number of nitrogens with two attached hydrogens (primary N) is 1. The number of carbonyl (C=O) groups is 1. The van der Waals surface area contributed by atoms with Crippen molar-refractivity contribution in [2.24, 2.45) is 5.73 Å². The number of amides is 2. The Balaban J connectivity index is 1.49. The van der Waals surface area contributed by atoms with Gasteiger partial charge in [-0.2, -0.15) is 8.78 Å². The Kier molecular flexibility index (Phi) is 15.5. The molecule has 0 aromatic heterocycles. The molecule has 0 spiro atoms. The fourth-order valence-electron chi connectivity index (χ4n) is 4.32. The van der Waals surface area contributed by atoms with Gasteiger partial charge in [0.05, 0.1) is 6.17 Å². The Hall–Kier alpha value is -2.08. The molecule has 2 heterocycles. The van der Waals surface area contributed by atoms with E-state index in [4.69, 9.17) is 27.4 Å². The fraction of sp³-hybridized carbons (Fsp3) is 0.714. The number of halogens is 2. The summed E-state index contributed by atoms with van der Waals surface area (Å²) >= 11 is 5.11. The van der Waals surface area contributed by atoms with Crippen molar-refractivity contribution in [1.29, 1.82) is 0 Å². The van der Waals surface area contributed by atoms with Crippen LogP contribution in [0.4, 0.5) is 13.6 Å². The predicted molar refractivity (Wildman–Crippen MR) is 153 cm³/mol. The summed E-state index contributed by atoms with van der Waals surface area (Å²) in [6, 6.07) is -0.839. The number of unbranched alkanes of at least 4 members (excludes halogenated alkanes) is 9. The minimum Gasteiger partial charge on any atom is -0.468 e. The SMILES string of the molecule is CCCCC/C=C\C/C=C\CCCCCCCCNC(=S)OC[C@H]1O[C@@H](N2C=CC(N)NC2=O)C(F)(F)[C@@H]1O. The zero-order chi connectivity index (χ0) is 28.5. The van der Waals surface area contributed by atoms with Crippen molar-refractivity contribution in [2.45, 2.75) is 114 Å². The summed E-state index contributed by atoms with van der Waals surface area (Å²) in [7, 11) is 0. The molecule has 0 aromatic rings. The van der Waals surface area contributed by atoms with Crippen LogP contribution in [0.2, 0.25) is 0 Å². The first kappa shape index (κ1) is 33.1. The van der Waals surface area contributed by atoms with Gasteiger partial charge in [-0.1, -0.05) is 69.8 Å². The van der Waals surface area contributed by atoms with E-state index in [0.29, 0.717) is 11.4 Å². The molecule has 0 saturated carbocycles. The molecule has 2 amide bonds. The van der Waals surface area contributed by atoms with Crippen LogP contribution in [0.25, 0.3) is 0 Å². The van der Waals surface area contributed by atoms with Gasteiger partial charge in [-0.05, 0) is 56.8 Å². The maximum absolute atomic E-state index is 14.6. The van der Waals surface area contributed by atoms with Gasteiger partial charge in [-0.25, -0.2) is 4.79 Å². The van der Waals surface area contributed by atoms with E-state index in [1.807, 2.05) is 0 Å². The van der Waals surface area contributed by atoms with Crippen molar-refractivity contribution < 1.29 is 28.2 Å². The summed E-state index contributed by atoms with van der Waals surface area (Å²) in [5.41, 5.74) is 5.54. The van der Waals surface area contributed by atoms with E-state index in [0.717, 1.165) is 38.3 Å². The third-order valence-electron chi connectivity index (χ3n) is 6.64. The Morgan fingerprint density at radius 3 is 2.46 bits per heavy atom. The molecule has 2 aliphatic heterocycles. The number of ether oxygens (including phenoxy) is 2. The molecule has 1 fully saturated rings. The lowest BCUT2D eigenvalue weighted by molar-refractivity contribution is -0.145. The predicted octanol–water partition coefficient (Wildman–Crippen LogP) is 5.24. The number of nitrogens with zero attached hydrogens (tertiary/aromatic N) is 1. The highest BCUT2D eigenvalue weighted by Gasteiger charge is 2.61. The number of allylic oxidation sites excluding steroid dienone is 4. The lowest BCUT2D eigenvalue weighted by Crippen LogP contribution is -2.57. The van der Waals surface area contributed by atoms with Crippen LogP contribution in [0.3, 0.4) is 0 Å². The smallest absolute Gasteiger partial charge is 0.325 e. The number of alkyl halides is 2. The number of carbonyl (C=O) groups excluding carboxylic acids is 1. The lowest BCUT2D eigenvalue weighted by Gasteiger charge is -2.32. The van der Waals surface area contributed by atoms with Gasteiger partial charge in [0.2, 0.25) is 6.23 Å². The maximum atomic E-state index is 14.6. The summed E-state index contributed by atoms with van der Waals surface area (Å²) in [5.74, 6) is -3.70. The third kappa shape index (κ3) is 11.9. The minimum absolute atomic E-state index is 0.0572. The Morgan fingerprint density at radius 2 is 1.79 bits per heavy atom. The highest BCUT2D eigenvalue weighted by Crippen LogP contribution is 2.38. The molecule has 222 valence electrons. The highest BCUT2D eigenvalue weighted by molar-refractivity contribution is 7.80. The first-order chi connectivity index (χ1) is 18.8. The molecule has 0 bridgehead atoms. The van der Waals surface area contributed by atoms with E-state index in [1.165, 1.54) is 51.0 Å². The number of thiocarbonyl (C=S) groups is 1. The van der Waals surface area contributed by atoms with Crippen LogP contribution in [0.15, 0.2) is 36.6 Å². The molecule has 2 aliphatic rings. The Labute approximate surface area is 237 Å². The van der Waals surface area contributed by atoms with Crippen LogP contribution in [0.1, 0.15) is 84.0 Å². The number of urea groups is 1. The van der Waals surface area contributed by atoms with Crippen molar-refractivity contribution in [1.82, 2.24) is 15.5 Å². The second kappa shape index (κ2) is 18.3. The lowest BCUT2D eigenvalue weighted by atomic mass is 10.1. The van der Waals surface area contributed by atoms with Gasteiger partial charge in [-0.3, -0.25) is 4.90 Å². The van der Waals surface area contributed by atoms with Crippen molar-refractivity contribution >= 4 is 23.4 Å².